The number of aromatic nitrogens is 3. The van der Waals surface area contributed by atoms with E-state index in [1.807, 2.05) is 0 Å². The van der Waals surface area contributed by atoms with Crippen LogP contribution in [-0.2, 0) is 6.61 Å². The van der Waals surface area contributed by atoms with Gasteiger partial charge in [0.25, 0.3) is 6.43 Å². The fourth-order valence-corrected chi connectivity index (χ4v) is 2.77. The number of ether oxygens (including phenoxy) is 2. The number of benzene rings is 2. The molecule has 0 aliphatic rings. The second-order valence-electron chi connectivity index (χ2n) is 5.97. The lowest BCUT2D eigenvalue weighted by Crippen LogP contribution is -2.03. The van der Waals surface area contributed by atoms with Crippen LogP contribution in [-0.4, -0.2) is 33.1 Å². The van der Waals surface area contributed by atoms with Crippen LogP contribution in [0.1, 0.15) is 23.4 Å². The van der Waals surface area contributed by atoms with Gasteiger partial charge in [-0.3, -0.25) is 10.1 Å². The monoisotopic (exact) mass is 453 g/mol. The van der Waals surface area contributed by atoms with Gasteiger partial charge < -0.3 is 9.47 Å². The van der Waals surface area contributed by atoms with Gasteiger partial charge in [0.05, 0.1) is 18.2 Å². The molecule has 0 saturated heterocycles. The number of nitrogens with zero attached hydrogens (tertiary/aromatic N) is 4. The number of H-pyrrole nitrogens is 1. The molecule has 3 rings (SSSR count). The molecule has 0 bridgehead atoms. The molecule has 1 aromatic heterocycles. The van der Waals surface area contributed by atoms with Gasteiger partial charge in [-0.2, -0.15) is 14.9 Å². The van der Waals surface area contributed by atoms with Crippen molar-refractivity contribution in [3.8, 4) is 11.5 Å². The standard InChI is InChI=1S/C18H14F3N5O4S/c1-29-14-5-2-10(8-22-25-17(16(20)21)23-24-18(25)31)6-11(14)9-30-15-7-12(19)3-4-13(15)26(27)28/h2-8,16H,9H2,1H3,(H,24,31). The Morgan fingerprint density at radius 2 is 2.10 bits per heavy atom. The van der Waals surface area contributed by atoms with Gasteiger partial charge in [0.2, 0.25) is 10.6 Å². The quantitative estimate of drug-likeness (QED) is 0.235. The third-order valence-corrected chi connectivity index (χ3v) is 4.26. The number of rotatable bonds is 8. The first kappa shape index (κ1) is 22.0. The molecule has 0 spiro atoms. The summed E-state index contributed by atoms with van der Waals surface area (Å²) in [5, 5.41) is 20.7. The second-order valence-corrected chi connectivity index (χ2v) is 6.36. The molecule has 0 radical (unpaired) electrons. The van der Waals surface area contributed by atoms with Crippen molar-refractivity contribution >= 4 is 24.1 Å². The van der Waals surface area contributed by atoms with E-state index in [-0.39, 0.29) is 17.1 Å². The summed E-state index contributed by atoms with van der Waals surface area (Å²) in [6.45, 7) is -0.192. The molecular formula is C18H14F3N5O4S. The van der Waals surface area contributed by atoms with Crippen LogP contribution in [0.5, 0.6) is 11.5 Å². The predicted molar refractivity (Wildman–Crippen MR) is 106 cm³/mol. The average Bonchev–Trinajstić information content (AvgIpc) is 3.11. The molecule has 3 aromatic rings. The van der Waals surface area contributed by atoms with E-state index in [0.29, 0.717) is 16.9 Å². The van der Waals surface area contributed by atoms with Crippen LogP contribution in [0.2, 0.25) is 0 Å². The van der Waals surface area contributed by atoms with Gasteiger partial charge in [-0.05, 0) is 42.0 Å². The maximum absolute atomic E-state index is 13.5. The molecule has 0 aliphatic heterocycles. The normalized spacial score (nSPS) is 11.3. The van der Waals surface area contributed by atoms with Crippen molar-refractivity contribution in [2.75, 3.05) is 7.11 Å². The molecular weight excluding hydrogens is 439 g/mol. The molecule has 0 amide bonds. The molecule has 162 valence electrons. The van der Waals surface area contributed by atoms with E-state index in [0.717, 1.165) is 22.9 Å². The number of hydrogen-bond donors (Lipinski definition) is 1. The molecule has 13 heteroatoms. The van der Waals surface area contributed by atoms with Crippen molar-refractivity contribution in [2.24, 2.45) is 5.10 Å². The predicted octanol–water partition coefficient (Wildman–Crippen LogP) is 4.40. The van der Waals surface area contributed by atoms with Crippen molar-refractivity contribution in [2.45, 2.75) is 13.0 Å². The van der Waals surface area contributed by atoms with Gasteiger partial charge in [-0.25, -0.2) is 18.3 Å². The number of alkyl halides is 2. The zero-order valence-electron chi connectivity index (χ0n) is 15.8. The van der Waals surface area contributed by atoms with Crippen LogP contribution in [0.25, 0.3) is 0 Å². The maximum Gasteiger partial charge on any atom is 0.311 e. The molecule has 1 heterocycles. The van der Waals surface area contributed by atoms with E-state index < -0.39 is 28.7 Å². The van der Waals surface area contributed by atoms with Gasteiger partial charge in [0.15, 0.2) is 5.75 Å². The van der Waals surface area contributed by atoms with E-state index in [4.69, 9.17) is 21.7 Å². The molecule has 0 saturated carbocycles. The Morgan fingerprint density at radius 3 is 2.77 bits per heavy atom. The molecule has 0 aliphatic carbocycles. The highest BCUT2D eigenvalue weighted by Crippen LogP contribution is 2.29. The minimum Gasteiger partial charge on any atom is -0.496 e. The van der Waals surface area contributed by atoms with Gasteiger partial charge in [-0.15, -0.1) is 0 Å². The van der Waals surface area contributed by atoms with Crippen molar-refractivity contribution < 1.29 is 27.6 Å². The highest BCUT2D eigenvalue weighted by atomic mass is 32.1. The average molecular weight is 453 g/mol. The summed E-state index contributed by atoms with van der Waals surface area (Å²) in [6, 6.07) is 7.60. The summed E-state index contributed by atoms with van der Waals surface area (Å²) in [5.74, 6) is -1.20. The van der Waals surface area contributed by atoms with Crippen molar-refractivity contribution in [3.63, 3.8) is 0 Å². The number of halogens is 3. The van der Waals surface area contributed by atoms with Crippen LogP contribution in [0, 0.1) is 20.7 Å². The number of nitro groups is 1. The second kappa shape index (κ2) is 9.38. The molecule has 2 aromatic carbocycles. The number of nitrogens with one attached hydrogen (secondary N) is 1. The van der Waals surface area contributed by atoms with Crippen molar-refractivity contribution in [3.05, 3.63) is 74.1 Å². The zero-order chi connectivity index (χ0) is 22.5. The lowest BCUT2D eigenvalue weighted by molar-refractivity contribution is -0.386. The summed E-state index contributed by atoms with van der Waals surface area (Å²) in [6.07, 6.45) is -1.61. The Kier molecular flexibility index (Phi) is 6.65. The Hall–Kier alpha value is -3.74. The molecule has 31 heavy (non-hydrogen) atoms. The number of methoxy groups -OCH3 is 1. The number of aromatic amines is 1. The van der Waals surface area contributed by atoms with Crippen LogP contribution < -0.4 is 9.47 Å². The lowest BCUT2D eigenvalue weighted by atomic mass is 10.1. The number of hydrogen-bond acceptors (Lipinski definition) is 7. The van der Waals surface area contributed by atoms with E-state index in [1.54, 1.807) is 18.2 Å². The summed E-state index contributed by atoms with van der Waals surface area (Å²) in [4.78, 5) is 10.4. The minimum atomic E-state index is -2.88. The van der Waals surface area contributed by atoms with Crippen molar-refractivity contribution in [1.82, 2.24) is 14.9 Å². The maximum atomic E-state index is 13.5. The summed E-state index contributed by atoms with van der Waals surface area (Å²) >= 11 is 4.88. The first-order valence-electron chi connectivity index (χ1n) is 8.53. The SMILES string of the molecule is COc1ccc(C=Nn2c(C(F)F)n[nH]c2=S)cc1COc1cc(F)ccc1[N+](=O)[O-]. The lowest BCUT2D eigenvalue weighted by Gasteiger charge is -2.11. The molecule has 0 atom stereocenters. The Bertz CT molecular complexity index is 1200. The summed E-state index contributed by atoms with van der Waals surface area (Å²) in [7, 11) is 1.41. The molecule has 1 N–H and O–H groups in total. The zero-order valence-corrected chi connectivity index (χ0v) is 16.6. The van der Waals surface area contributed by atoms with Gasteiger partial charge in [0, 0.05) is 17.7 Å². The van der Waals surface area contributed by atoms with Gasteiger partial charge >= 0.3 is 5.69 Å². The minimum absolute atomic E-state index is 0.109. The molecule has 0 unspecified atom stereocenters. The van der Waals surface area contributed by atoms with Crippen LogP contribution >= 0.6 is 12.2 Å². The summed E-state index contributed by atoms with van der Waals surface area (Å²) < 4.78 is 50.8. The Balaban J connectivity index is 1.87. The summed E-state index contributed by atoms with van der Waals surface area (Å²) in [5.41, 5.74) is 0.526. The molecule has 9 nitrogen and oxygen atoms in total. The van der Waals surface area contributed by atoms with E-state index >= 15 is 0 Å². The highest BCUT2D eigenvalue weighted by Gasteiger charge is 2.18. The van der Waals surface area contributed by atoms with E-state index in [2.05, 4.69) is 15.3 Å². The molecule has 0 fully saturated rings. The fraction of sp³-hybridized carbons (Fsp3) is 0.167. The highest BCUT2D eigenvalue weighted by molar-refractivity contribution is 7.71. The van der Waals surface area contributed by atoms with Gasteiger partial charge in [-0.1, -0.05) is 0 Å². The van der Waals surface area contributed by atoms with Crippen LogP contribution in [0.3, 0.4) is 0 Å². The first-order chi connectivity index (χ1) is 14.8. The van der Waals surface area contributed by atoms with Crippen LogP contribution in [0.4, 0.5) is 18.9 Å². The third kappa shape index (κ3) is 5.06. The first-order valence-corrected chi connectivity index (χ1v) is 8.94. The van der Waals surface area contributed by atoms with Crippen molar-refractivity contribution in [1.29, 1.82) is 0 Å². The van der Waals surface area contributed by atoms with E-state index in [1.165, 1.54) is 13.3 Å². The topological polar surface area (TPSA) is 108 Å². The van der Waals surface area contributed by atoms with E-state index in [9.17, 15) is 23.3 Å². The Morgan fingerprint density at radius 1 is 1.32 bits per heavy atom. The van der Waals surface area contributed by atoms with Crippen LogP contribution in [0.15, 0.2) is 41.5 Å². The fourth-order valence-electron chi connectivity index (χ4n) is 2.58. The third-order valence-electron chi connectivity index (χ3n) is 4.00. The van der Waals surface area contributed by atoms with Gasteiger partial charge in [0.1, 0.15) is 18.2 Å². The smallest absolute Gasteiger partial charge is 0.311 e. The Labute approximate surface area is 177 Å². The largest absolute Gasteiger partial charge is 0.496 e. The number of nitro benzene ring substituents is 1.